The minimum Gasteiger partial charge on any atom is -0.344 e. The van der Waals surface area contributed by atoms with Crippen LogP contribution in [0.25, 0.3) is 44.1 Å². The van der Waals surface area contributed by atoms with Gasteiger partial charge in [-0.2, -0.15) is 0 Å². The average molecular weight is 514 g/mol. The lowest BCUT2D eigenvalue weighted by Crippen LogP contribution is -2.72. The fraction of sp³-hybridized carbons (Fsp3) is 0.0270. The van der Waals surface area contributed by atoms with Gasteiger partial charge in [0.05, 0.1) is 0 Å². The normalized spacial score (nSPS) is 13.5. The number of para-hydroxylation sites is 1. The van der Waals surface area contributed by atoms with E-state index < -0.39 is 8.07 Å². The number of benzene rings is 6. The Morgan fingerprint density at radius 3 is 1.82 bits per heavy atom. The first-order chi connectivity index (χ1) is 19.3. The van der Waals surface area contributed by atoms with Crippen molar-refractivity contribution in [3.63, 3.8) is 0 Å². The van der Waals surface area contributed by atoms with Crippen LogP contribution >= 0.6 is 0 Å². The van der Waals surface area contributed by atoms with Crippen molar-refractivity contribution in [3.8, 4) is 22.3 Å². The predicted octanol–water partition coefficient (Wildman–Crippen LogP) is 6.36. The standard InChI is InChI=1S/C37H27NSi/c1-38-33-20-10-8-18-32(33)37-29(19-12-21-34(37)38)26-23-24-31-30-17-9-11-22-35(30)39(36(31)25-26,27-13-4-2-5-14-27)28-15-6-3-7-16-28/h2-25H,1H3. The highest BCUT2D eigenvalue weighted by atomic mass is 28.3. The maximum absolute atomic E-state index is 2.53. The Hall–Kier alpha value is -4.66. The van der Waals surface area contributed by atoms with Crippen molar-refractivity contribution in [3.05, 3.63) is 146 Å². The highest BCUT2D eigenvalue weighted by Crippen LogP contribution is 2.38. The maximum Gasteiger partial charge on any atom is 0.180 e. The monoisotopic (exact) mass is 513 g/mol. The third-order valence-electron chi connectivity index (χ3n) is 8.71. The average Bonchev–Trinajstić information content (AvgIpc) is 3.48. The zero-order chi connectivity index (χ0) is 26.0. The first-order valence-corrected chi connectivity index (χ1v) is 15.6. The molecule has 8 rings (SSSR count). The second-order valence-electron chi connectivity index (χ2n) is 10.6. The minimum atomic E-state index is -2.51. The minimum absolute atomic E-state index is 1.27. The largest absolute Gasteiger partial charge is 0.344 e. The number of fused-ring (bicyclic) bond motifs is 6. The molecule has 1 aliphatic heterocycles. The van der Waals surface area contributed by atoms with Gasteiger partial charge in [-0.1, -0.05) is 133 Å². The number of aromatic nitrogens is 1. The molecule has 0 saturated carbocycles. The van der Waals surface area contributed by atoms with Crippen LogP contribution in [0.2, 0.25) is 0 Å². The maximum atomic E-state index is 2.53. The van der Waals surface area contributed by atoms with Gasteiger partial charge in [0.15, 0.2) is 8.07 Å². The molecule has 0 unspecified atom stereocenters. The molecule has 39 heavy (non-hydrogen) atoms. The predicted molar refractivity (Wildman–Crippen MR) is 168 cm³/mol. The molecule has 0 amide bonds. The molecular formula is C37H27NSi. The number of aryl methyl sites for hydroxylation is 1. The van der Waals surface area contributed by atoms with Crippen LogP contribution in [0.5, 0.6) is 0 Å². The SMILES string of the molecule is Cn1c2ccccc2c2c(-c3ccc4c(c3)[Si](c3ccccc3)(c3ccccc3)c3ccccc3-4)cccc21. The number of nitrogens with zero attached hydrogens (tertiary/aromatic N) is 1. The van der Waals surface area contributed by atoms with Crippen molar-refractivity contribution in [2.75, 3.05) is 0 Å². The Labute approximate surface area is 229 Å². The molecule has 0 bridgehead atoms. The molecule has 0 N–H and O–H groups in total. The summed E-state index contributed by atoms with van der Waals surface area (Å²) in [6.07, 6.45) is 0. The van der Waals surface area contributed by atoms with Crippen molar-refractivity contribution in [1.82, 2.24) is 4.57 Å². The Bertz CT molecular complexity index is 1980. The summed E-state index contributed by atoms with van der Waals surface area (Å²) in [4.78, 5) is 0. The van der Waals surface area contributed by atoms with Gasteiger partial charge in [0, 0.05) is 28.9 Å². The lowest BCUT2D eigenvalue weighted by Gasteiger charge is -2.31. The van der Waals surface area contributed by atoms with Crippen LogP contribution < -0.4 is 20.7 Å². The van der Waals surface area contributed by atoms with Crippen molar-refractivity contribution in [2.24, 2.45) is 7.05 Å². The lowest BCUT2D eigenvalue weighted by atomic mass is 9.97. The molecule has 0 aliphatic carbocycles. The molecular weight excluding hydrogens is 487 g/mol. The molecule has 1 nitrogen and oxygen atoms in total. The molecule has 0 saturated heterocycles. The summed E-state index contributed by atoms with van der Waals surface area (Å²) in [6, 6.07) is 54.4. The van der Waals surface area contributed by atoms with Crippen molar-refractivity contribution >= 4 is 50.6 Å². The second-order valence-corrected chi connectivity index (χ2v) is 14.3. The highest BCUT2D eigenvalue weighted by molar-refractivity contribution is 7.22. The topological polar surface area (TPSA) is 4.93 Å². The van der Waals surface area contributed by atoms with E-state index in [-0.39, 0.29) is 0 Å². The van der Waals surface area contributed by atoms with Gasteiger partial charge in [0.2, 0.25) is 0 Å². The van der Waals surface area contributed by atoms with Gasteiger partial charge < -0.3 is 4.57 Å². The van der Waals surface area contributed by atoms with Crippen LogP contribution in [0.4, 0.5) is 0 Å². The first-order valence-electron chi connectivity index (χ1n) is 13.6. The van der Waals surface area contributed by atoms with E-state index in [9.17, 15) is 0 Å². The van der Waals surface area contributed by atoms with Gasteiger partial charge in [0.25, 0.3) is 0 Å². The Balaban J connectivity index is 1.49. The van der Waals surface area contributed by atoms with E-state index in [4.69, 9.17) is 0 Å². The number of hydrogen-bond donors (Lipinski definition) is 0. The van der Waals surface area contributed by atoms with E-state index >= 15 is 0 Å². The van der Waals surface area contributed by atoms with E-state index in [2.05, 4.69) is 157 Å². The molecule has 0 atom stereocenters. The number of hydrogen-bond acceptors (Lipinski definition) is 0. The quantitative estimate of drug-likeness (QED) is 0.242. The molecule has 2 heterocycles. The van der Waals surface area contributed by atoms with E-state index in [0.717, 1.165) is 0 Å². The molecule has 1 aromatic heterocycles. The molecule has 0 spiro atoms. The van der Waals surface area contributed by atoms with Gasteiger partial charge in [0.1, 0.15) is 0 Å². The van der Waals surface area contributed by atoms with Gasteiger partial charge in [-0.15, -0.1) is 0 Å². The van der Waals surface area contributed by atoms with Crippen LogP contribution in [-0.2, 0) is 7.05 Å². The summed E-state index contributed by atoms with van der Waals surface area (Å²) in [5.74, 6) is 0. The van der Waals surface area contributed by atoms with E-state index in [1.165, 1.54) is 64.8 Å². The van der Waals surface area contributed by atoms with Gasteiger partial charge in [-0.05, 0) is 55.1 Å². The van der Waals surface area contributed by atoms with Crippen molar-refractivity contribution in [1.29, 1.82) is 0 Å². The summed E-state index contributed by atoms with van der Waals surface area (Å²) in [5.41, 5.74) is 7.87. The zero-order valence-electron chi connectivity index (χ0n) is 21.8. The molecule has 0 fully saturated rings. The summed E-state index contributed by atoms with van der Waals surface area (Å²) in [5, 5.41) is 8.47. The van der Waals surface area contributed by atoms with Crippen LogP contribution in [0.15, 0.2) is 146 Å². The first kappa shape index (κ1) is 22.3. The molecule has 7 aromatic rings. The molecule has 6 aromatic carbocycles. The smallest absolute Gasteiger partial charge is 0.180 e. The summed E-state index contributed by atoms with van der Waals surface area (Å²) in [6.45, 7) is 0. The molecule has 0 radical (unpaired) electrons. The summed E-state index contributed by atoms with van der Waals surface area (Å²) >= 11 is 0. The van der Waals surface area contributed by atoms with E-state index in [1.54, 1.807) is 0 Å². The van der Waals surface area contributed by atoms with Crippen molar-refractivity contribution in [2.45, 2.75) is 0 Å². The van der Waals surface area contributed by atoms with Gasteiger partial charge in [-0.25, -0.2) is 0 Å². The highest BCUT2D eigenvalue weighted by Gasteiger charge is 2.48. The fourth-order valence-electron chi connectivity index (χ4n) is 7.06. The Kier molecular flexibility index (Phi) is 4.82. The molecule has 184 valence electrons. The van der Waals surface area contributed by atoms with E-state index in [1.807, 2.05) is 0 Å². The number of rotatable bonds is 3. The van der Waals surface area contributed by atoms with E-state index in [0.29, 0.717) is 0 Å². The van der Waals surface area contributed by atoms with Crippen molar-refractivity contribution < 1.29 is 0 Å². The second kappa shape index (κ2) is 8.42. The zero-order valence-corrected chi connectivity index (χ0v) is 22.8. The fourth-order valence-corrected chi connectivity index (χ4v) is 12.3. The lowest BCUT2D eigenvalue weighted by molar-refractivity contribution is 1.01. The molecule has 2 heteroatoms. The van der Waals surface area contributed by atoms with Crippen LogP contribution in [0.1, 0.15) is 0 Å². The van der Waals surface area contributed by atoms with Crippen LogP contribution in [-0.4, -0.2) is 12.6 Å². The Morgan fingerprint density at radius 2 is 1.05 bits per heavy atom. The van der Waals surface area contributed by atoms with Crippen LogP contribution in [0.3, 0.4) is 0 Å². The van der Waals surface area contributed by atoms with Gasteiger partial charge in [-0.3, -0.25) is 0 Å². The summed E-state index contributed by atoms with van der Waals surface area (Å²) < 4.78 is 2.32. The summed E-state index contributed by atoms with van der Waals surface area (Å²) in [7, 11) is -0.334. The third-order valence-corrected chi connectivity index (χ3v) is 13.6. The third kappa shape index (κ3) is 3.01. The molecule has 1 aliphatic rings. The van der Waals surface area contributed by atoms with Gasteiger partial charge >= 0.3 is 0 Å². The Morgan fingerprint density at radius 1 is 0.462 bits per heavy atom. The van der Waals surface area contributed by atoms with Crippen LogP contribution in [0, 0.1) is 0 Å².